The normalized spacial score (nSPS) is 19.6. The van der Waals surface area contributed by atoms with E-state index < -0.39 is 15.6 Å². The molecule has 1 atom stereocenters. The van der Waals surface area contributed by atoms with Crippen molar-refractivity contribution in [2.75, 3.05) is 5.32 Å². The maximum atomic E-state index is 12.6. The zero-order valence-electron chi connectivity index (χ0n) is 10.2. The lowest BCUT2D eigenvalue weighted by atomic mass is 10.0. The van der Waals surface area contributed by atoms with Crippen LogP contribution in [0.5, 0.6) is 0 Å². The highest BCUT2D eigenvalue weighted by molar-refractivity contribution is 7.91. The van der Waals surface area contributed by atoms with Gasteiger partial charge in [-0.05, 0) is 31.4 Å². The molecule has 1 aliphatic carbocycles. The number of para-hydroxylation sites is 1. The van der Waals surface area contributed by atoms with Gasteiger partial charge in [0.05, 0.1) is 10.6 Å². The van der Waals surface area contributed by atoms with E-state index in [1.54, 1.807) is 6.07 Å². The van der Waals surface area contributed by atoms with E-state index in [-0.39, 0.29) is 16.6 Å². The van der Waals surface area contributed by atoms with Gasteiger partial charge in [-0.3, -0.25) is 0 Å². The molecule has 0 heterocycles. The van der Waals surface area contributed by atoms with Crippen molar-refractivity contribution in [3.8, 4) is 0 Å². The molecule has 3 nitrogen and oxygen atoms in total. The highest BCUT2D eigenvalue weighted by Crippen LogP contribution is 2.28. The molecule has 0 spiro atoms. The Labute approximate surface area is 111 Å². The molecule has 104 valence electrons. The minimum atomic E-state index is -4.57. The number of allylic oxidation sites excluding steroid dienone is 1. The Balaban J connectivity index is 2.29. The fourth-order valence-corrected chi connectivity index (χ4v) is 2.97. The molecule has 1 unspecified atom stereocenters. The zero-order chi connectivity index (χ0) is 13.9. The highest BCUT2D eigenvalue weighted by atomic mass is 32.2. The molecular weight excluding hydrogens is 272 g/mol. The summed E-state index contributed by atoms with van der Waals surface area (Å²) in [5, 5.41) is 3.05. The van der Waals surface area contributed by atoms with Crippen molar-refractivity contribution in [3.05, 3.63) is 36.4 Å². The van der Waals surface area contributed by atoms with Gasteiger partial charge in [-0.15, -0.1) is 0 Å². The first-order chi connectivity index (χ1) is 9.01. The van der Waals surface area contributed by atoms with Crippen molar-refractivity contribution in [2.24, 2.45) is 0 Å². The number of nitrogens with one attached hydrogen (secondary N) is 1. The Bertz CT molecular complexity index is 570. The van der Waals surface area contributed by atoms with E-state index in [4.69, 9.17) is 0 Å². The van der Waals surface area contributed by atoms with Gasteiger partial charge in [0.1, 0.15) is 0 Å². The number of anilines is 1. The van der Waals surface area contributed by atoms with Crippen molar-refractivity contribution < 1.29 is 17.2 Å². The standard InChI is InChI=1S/C13H15F2NO2S/c14-13(15)19(17,18)12-9-5-4-8-11(12)16-10-6-2-1-3-7-10/h1-2,4-5,8-10,13,16H,3,6-7H2. The van der Waals surface area contributed by atoms with Gasteiger partial charge in [0.25, 0.3) is 0 Å². The van der Waals surface area contributed by atoms with Crippen molar-refractivity contribution >= 4 is 15.5 Å². The number of alkyl halides is 2. The maximum absolute atomic E-state index is 12.6. The number of sulfone groups is 1. The number of hydrogen-bond donors (Lipinski definition) is 1. The molecule has 0 saturated heterocycles. The average Bonchev–Trinajstić information content (AvgIpc) is 2.40. The van der Waals surface area contributed by atoms with E-state index in [0.717, 1.165) is 19.3 Å². The SMILES string of the molecule is O=S(=O)(c1ccccc1NC1CC=CCC1)C(F)F. The van der Waals surface area contributed by atoms with E-state index in [2.05, 4.69) is 11.4 Å². The van der Waals surface area contributed by atoms with Crippen molar-refractivity contribution in [3.63, 3.8) is 0 Å². The van der Waals surface area contributed by atoms with Crippen LogP contribution in [-0.2, 0) is 9.84 Å². The molecule has 0 amide bonds. The number of benzene rings is 1. The molecule has 1 aromatic rings. The minimum absolute atomic E-state index is 0.0824. The van der Waals surface area contributed by atoms with Crippen LogP contribution in [-0.4, -0.2) is 20.2 Å². The molecule has 0 radical (unpaired) electrons. The molecule has 0 aliphatic heterocycles. The van der Waals surface area contributed by atoms with Gasteiger partial charge in [-0.2, -0.15) is 8.78 Å². The Morgan fingerprint density at radius 3 is 2.58 bits per heavy atom. The smallest absolute Gasteiger partial charge is 0.341 e. The third kappa shape index (κ3) is 3.12. The van der Waals surface area contributed by atoms with Gasteiger partial charge in [-0.1, -0.05) is 24.3 Å². The topological polar surface area (TPSA) is 46.2 Å². The highest BCUT2D eigenvalue weighted by Gasteiger charge is 2.29. The van der Waals surface area contributed by atoms with Crippen molar-refractivity contribution in [1.82, 2.24) is 0 Å². The summed E-state index contributed by atoms with van der Waals surface area (Å²) < 4.78 is 48.4. The van der Waals surface area contributed by atoms with Gasteiger partial charge in [0.15, 0.2) is 0 Å². The number of hydrogen-bond acceptors (Lipinski definition) is 3. The second-order valence-electron chi connectivity index (χ2n) is 4.43. The van der Waals surface area contributed by atoms with Gasteiger partial charge in [-0.25, -0.2) is 8.42 Å². The summed E-state index contributed by atoms with van der Waals surface area (Å²) in [5.41, 5.74) is 0.253. The summed E-state index contributed by atoms with van der Waals surface area (Å²) in [6.07, 6.45) is 6.59. The first kappa shape index (κ1) is 14.0. The molecule has 1 N–H and O–H groups in total. The van der Waals surface area contributed by atoms with Crippen molar-refractivity contribution in [2.45, 2.75) is 36.0 Å². The molecule has 1 aliphatic rings. The van der Waals surface area contributed by atoms with E-state index in [0.29, 0.717) is 0 Å². The molecule has 1 aromatic carbocycles. The van der Waals surface area contributed by atoms with Crippen LogP contribution in [0.4, 0.5) is 14.5 Å². The summed E-state index contributed by atoms with van der Waals surface area (Å²) in [7, 11) is -4.57. The summed E-state index contributed by atoms with van der Waals surface area (Å²) in [4.78, 5) is -0.334. The van der Waals surface area contributed by atoms with Crippen LogP contribution < -0.4 is 5.32 Å². The van der Waals surface area contributed by atoms with Gasteiger partial charge < -0.3 is 5.32 Å². The second-order valence-corrected chi connectivity index (χ2v) is 6.31. The van der Waals surface area contributed by atoms with E-state index in [9.17, 15) is 17.2 Å². The average molecular weight is 287 g/mol. The van der Waals surface area contributed by atoms with E-state index in [1.807, 2.05) is 6.08 Å². The molecule has 0 aromatic heterocycles. The van der Waals surface area contributed by atoms with E-state index in [1.165, 1.54) is 18.2 Å². The second kappa shape index (κ2) is 5.69. The lowest BCUT2D eigenvalue weighted by molar-refractivity contribution is 0.235. The van der Waals surface area contributed by atoms with Gasteiger partial charge >= 0.3 is 5.76 Å². The lowest BCUT2D eigenvalue weighted by Gasteiger charge is -2.22. The summed E-state index contributed by atoms with van der Waals surface area (Å²) >= 11 is 0. The molecule has 0 fully saturated rings. The Hall–Kier alpha value is -1.43. The van der Waals surface area contributed by atoms with Crippen LogP contribution in [0.15, 0.2) is 41.3 Å². The van der Waals surface area contributed by atoms with Crippen LogP contribution in [0, 0.1) is 0 Å². The Morgan fingerprint density at radius 1 is 1.21 bits per heavy atom. The van der Waals surface area contributed by atoms with Crippen LogP contribution in [0.25, 0.3) is 0 Å². The predicted molar refractivity (Wildman–Crippen MR) is 70.0 cm³/mol. The lowest BCUT2D eigenvalue weighted by Crippen LogP contribution is -2.22. The molecule has 2 rings (SSSR count). The molecule has 0 bridgehead atoms. The van der Waals surface area contributed by atoms with Crippen LogP contribution in [0.2, 0.25) is 0 Å². The molecule has 0 saturated carbocycles. The zero-order valence-corrected chi connectivity index (χ0v) is 11.0. The first-order valence-corrected chi connectivity index (χ1v) is 7.59. The first-order valence-electron chi connectivity index (χ1n) is 6.04. The summed E-state index contributed by atoms with van der Waals surface area (Å²) in [6.45, 7) is 0. The summed E-state index contributed by atoms with van der Waals surface area (Å²) in [6, 6.07) is 5.89. The van der Waals surface area contributed by atoms with Crippen LogP contribution in [0.1, 0.15) is 19.3 Å². The largest absolute Gasteiger partial charge is 0.381 e. The van der Waals surface area contributed by atoms with Gasteiger partial charge in [0, 0.05) is 6.04 Å². The third-order valence-electron chi connectivity index (χ3n) is 3.06. The van der Waals surface area contributed by atoms with Crippen LogP contribution >= 0.6 is 0 Å². The summed E-state index contributed by atoms with van der Waals surface area (Å²) in [5.74, 6) is -3.40. The fraction of sp³-hybridized carbons (Fsp3) is 0.385. The maximum Gasteiger partial charge on any atom is 0.341 e. The van der Waals surface area contributed by atoms with Gasteiger partial charge in [0.2, 0.25) is 9.84 Å². The van der Waals surface area contributed by atoms with Crippen molar-refractivity contribution in [1.29, 1.82) is 0 Å². The third-order valence-corrected chi connectivity index (χ3v) is 4.50. The van der Waals surface area contributed by atoms with Crippen LogP contribution in [0.3, 0.4) is 0 Å². The number of halogens is 2. The molecule has 19 heavy (non-hydrogen) atoms. The fourth-order valence-electron chi connectivity index (χ4n) is 2.07. The molecular formula is C13H15F2NO2S. The van der Waals surface area contributed by atoms with E-state index >= 15 is 0 Å². The number of rotatable bonds is 4. The Morgan fingerprint density at radius 2 is 1.95 bits per heavy atom. The molecule has 6 heteroatoms. The quantitative estimate of drug-likeness (QED) is 0.865. The Kier molecular flexibility index (Phi) is 4.19. The predicted octanol–water partition coefficient (Wildman–Crippen LogP) is 3.20. The minimum Gasteiger partial charge on any atom is -0.381 e. The monoisotopic (exact) mass is 287 g/mol.